The molecule has 0 saturated heterocycles. The van der Waals surface area contributed by atoms with Crippen molar-refractivity contribution < 1.29 is 4.79 Å². The van der Waals surface area contributed by atoms with E-state index in [2.05, 4.69) is 25.2 Å². The van der Waals surface area contributed by atoms with Gasteiger partial charge in [-0.25, -0.2) is 4.98 Å². The number of amides is 1. The Labute approximate surface area is 195 Å². The van der Waals surface area contributed by atoms with Gasteiger partial charge in [0, 0.05) is 12.6 Å². The highest BCUT2D eigenvalue weighted by Crippen LogP contribution is 2.29. The Morgan fingerprint density at radius 2 is 2.03 bits per heavy atom. The molecule has 6 heteroatoms. The van der Waals surface area contributed by atoms with Crippen LogP contribution in [0.3, 0.4) is 0 Å². The largest absolute Gasteiger partial charge is 0.352 e. The van der Waals surface area contributed by atoms with Crippen molar-refractivity contribution in [1.29, 1.82) is 0 Å². The molecule has 1 amide bonds. The van der Waals surface area contributed by atoms with Crippen molar-refractivity contribution in [3.8, 4) is 0 Å². The number of hydrogen-bond donors (Lipinski definition) is 1. The van der Waals surface area contributed by atoms with E-state index >= 15 is 0 Å². The monoisotopic (exact) mass is 453 g/mol. The van der Waals surface area contributed by atoms with Gasteiger partial charge >= 0.3 is 0 Å². The van der Waals surface area contributed by atoms with Crippen LogP contribution in [-0.4, -0.2) is 27.3 Å². The minimum absolute atomic E-state index is 0.00959. The zero-order valence-electron chi connectivity index (χ0n) is 19.3. The van der Waals surface area contributed by atoms with Gasteiger partial charge in [-0.15, -0.1) is 0 Å². The van der Waals surface area contributed by atoms with Gasteiger partial charge in [-0.05, 0) is 62.5 Å². The van der Waals surface area contributed by atoms with Crippen LogP contribution in [0.25, 0.3) is 10.9 Å². The number of aromatic nitrogens is 2. The van der Waals surface area contributed by atoms with Gasteiger partial charge in [0.25, 0.3) is 5.56 Å². The summed E-state index contributed by atoms with van der Waals surface area (Å²) in [5.41, 5.74) is 2.12. The summed E-state index contributed by atoms with van der Waals surface area (Å²) in [4.78, 5) is 30.8. The number of benzene rings is 1. The molecule has 1 N–H and O–H groups in total. The van der Waals surface area contributed by atoms with E-state index in [0.29, 0.717) is 34.4 Å². The first-order valence-corrected chi connectivity index (χ1v) is 13.1. The number of nitrogens with one attached hydrogen (secondary N) is 1. The average Bonchev–Trinajstić information content (AvgIpc) is 2.81. The first kappa shape index (κ1) is 23.1. The molecule has 1 saturated carbocycles. The summed E-state index contributed by atoms with van der Waals surface area (Å²) in [5.74, 6) is 1.46. The maximum atomic E-state index is 13.3. The molecule has 0 bridgehead atoms. The van der Waals surface area contributed by atoms with Crippen molar-refractivity contribution in [2.75, 3.05) is 5.75 Å². The Kier molecular flexibility index (Phi) is 7.71. The molecule has 0 aliphatic heterocycles. The Hall–Kier alpha value is -2.08. The second-order valence-corrected chi connectivity index (χ2v) is 10.4. The minimum atomic E-state index is -0.00959. The highest BCUT2D eigenvalue weighted by atomic mass is 32.2. The summed E-state index contributed by atoms with van der Waals surface area (Å²) < 4.78 is 1.78. The van der Waals surface area contributed by atoms with E-state index in [1.807, 2.05) is 24.3 Å². The van der Waals surface area contributed by atoms with Gasteiger partial charge < -0.3 is 5.32 Å². The van der Waals surface area contributed by atoms with Crippen LogP contribution in [0.15, 0.2) is 45.9 Å². The summed E-state index contributed by atoms with van der Waals surface area (Å²) in [6, 6.07) is 7.75. The molecule has 1 fully saturated rings. The van der Waals surface area contributed by atoms with Crippen molar-refractivity contribution in [1.82, 2.24) is 14.9 Å². The van der Waals surface area contributed by atoms with Gasteiger partial charge in [0.15, 0.2) is 5.16 Å². The van der Waals surface area contributed by atoms with E-state index < -0.39 is 0 Å². The van der Waals surface area contributed by atoms with Crippen molar-refractivity contribution in [2.24, 2.45) is 11.8 Å². The topological polar surface area (TPSA) is 64.0 Å². The van der Waals surface area contributed by atoms with E-state index in [9.17, 15) is 9.59 Å². The molecule has 5 nitrogen and oxygen atoms in total. The van der Waals surface area contributed by atoms with E-state index in [0.717, 1.165) is 25.7 Å². The lowest BCUT2D eigenvalue weighted by Gasteiger charge is -2.34. The molecule has 1 aromatic heterocycles. The molecule has 1 aromatic carbocycles. The molecule has 32 heavy (non-hydrogen) atoms. The van der Waals surface area contributed by atoms with Crippen LogP contribution in [0.5, 0.6) is 0 Å². The number of allylic oxidation sites excluding steroid dienone is 2. The number of carbonyl (C=O) groups is 1. The molecule has 0 radical (unpaired) electrons. The summed E-state index contributed by atoms with van der Waals surface area (Å²) >= 11 is 1.38. The molecule has 2 aromatic rings. The van der Waals surface area contributed by atoms with Gasteiger partial charge in [-0.3, -0.25) is 14.2 Å². The second kappa shape index (κ2) is 10.7. The van der Waals surface area contributed by atoms with Crippen molar-refractivity contribution in [3.05, 3.63) is 46.3 Å². The van der Waals surface area contributed by atoms with Gasteiger partial charge in [-0.1, -0.05) is 62.2 Å². The lowest BCUT2D eigenvalue weighted by Crippen LogP contribution is -2.44. The molecular formula is C26H35N3O2S. The number of fused-ring (bicyclic) bond motifs is 1. The fraction of sp³-hybridized carbons (Fsp3) is 0.577. The van der Waals surface area contributed by atoms with Crippen LogP contribution < -0.4 is 10.9 Å². The minimum Gasteiger partial charge on any atom is -0.352 e. The third kappa shape index (κ3) is 5.45. The fourth-order valence-corrected chi connectivity index (χ4v) is 5.84. The summed E-state index contributed by atoms with van der Waals surface area (Å²) in [7, 11) is 0. The van der Waals surface area contributed by atoms with Crippen LogP contribution in [0.4, 0.5) is 0 Å². The summed E-state index contributed by atoms with van der Waals surface area (Å²) in [6.07, 6.45) is 11.4. The molecular weight excluding hydrogens is 418 g/mol. The number of para-hydroxylation sites is 1. The van der Waals surface area contributed by atoms with Crippen LogP contribution in [0, 0.1) is 11.8 Å². The van der Waals surface area contributed by atoms with Crippen LogP contribution >= 0.6 is 11.8 Å². The highest BCUT2D eigenvalue weighted by molar-refractivity contribution is 7.99. The Balaban J connectivity index is 1.49. The standard InChI is InChI=1S/C26H35N3O2S/c1-18-9-8-14-22(19(18)2)27-24(30)17-32-26-28-23-13-7-6-12-21(23)25(31)29(26)16-15-20-10-4-3-5-11-20/h6-7,10,12-13,18-19,22H,3-5,8-9,11,14-17H2,1-2H3,(H,27,30). The van der Waals surface area contributed by atoms with Gasteiger partial charge in [0.1, 0.15) is 0 Å². The predicted molar refractivity (Wildman–Crippen MR) is 132 cm³/mol. The number of rotatable bonds is 7. The lowest BCUT2D eigenvalue weighted by molar-refractivity contribution is -0.120. The zero-order chi connectivity index (χ0) is 22.5. The Morgan fingerprint density at radius 3 is 2.84 bits per heavy atom. The Morgan fingerprint density at radius 1 is 1.19 bits per heavy atom. The van der Waals surface area contributed by atoms with E-state index in [1.165, 1.54) is 43.0 Å². The SMILES string of the molecule is CC1CCCC(NC(=O)CSc2nc3ccccc3c(=O)n2CCC2=CCCCC2)C1C. The smallest absolute Gasteiger partial charge is 0.262 e. The third-order valence-corrected chi connectivity index (χ3v) is 8.23. The average molecular weight is 454 g/mol. The molecule has 4 rings (SSSR count). The number of hydrogen-bond acceptors (Lipinski definition) is 4. The quantitative estimate of drug-likeness (QED) is 0.350. The number of thioether (sulfide) groups is 1. The first-order valence-electron chi connectivity index (χ1n) is 12.1. The van der Waals surface area contributed by atoms with E-state index in [4.69, 9.17) is 4.98 Å². The Bertz CT molecular complexity index is 1050. The third-order valence-electron chi connectivity index (χ3n) is 7.25. The van der Waals surface area contributed by atoms with Gasteiger partial charge in [0.2, 0.25) is 5.91 Å². The molecule has 1 heterocycles. The fourth-order valence-electron chi connectivity index (χ4n) is 5.01. The summed E-state index contributed by atoms with van der Waals surface area (Å²) in [6.45, 7) is 5.13. The molecule has 3 atom stereocenters. The van der Waals surface area contributed by atoms with E-state index in [1.54, 1.807) is 4.57 Å². The lowest BCUT2D eigenvalue weighted by atomic mass is 9.78. The van der Waals surface area contributed by atoms with Crippen LogP contribution in [0.1, 0.15) is 65.2 Å². The second-order valence-electron chi connectivity index (χ2n) is 9.46. The van der Waals surface area contributed by atoms with Crippen molar-refractivity contribution >= 4 is 28.6 Å². The number of nitrogens with zero attached hydrogens (tertiary/aromatic N) is 2. The maximum absolute atomic E-state index is 13.3. The predicted octanol–water partition coefficient (Wildman–Crippen LogP) is 5.32. The number of carbonyl (C=O) groups excluding carboxylic acids is 1. The van der Waals surface area contributed by atoms with Gasteiger partial charge in [0.05, 0.1) is 16.7 Å². The molecule has 0 spiro atoms. The van der Waals surface area contributed by atoms with Crippen LogP contribution in [-0.2, 0) is 11.3 Å². The molecule has 2 aliphatic rings. The molecule has 3 unspecified atom stereocenters. The van der Waals surface area contributed by atoms with E-state index in [-0.39, 0.29) is 23.3 Å². The normalized spacial score (nSPS) is 23.7. The van der Waals surface area contributed by atoms with Crippen LogP contribution in [0.2, 0.25) is 0 Å². The van der Waals surface area contributed by atoms with Crippen molar-refractivity contribution in [2.45, 2.75) is 83.0 Å². The maximum Gasteiger partial charge on any atom is 0.262 e. The zero-order valence-corrected chi connectivity index (χ0v) is 20.1. The summed E-state index contributed by atoms with van der Waals surface area (Å²) in [5, 5.41) is 4.53. The molecule has 2 aliphatic carbocycles. The first-order chi connectivity index (χ1) is 15.5. The molecule has 172 valence electrons. The van der Waals surface area contributed by atoms with Gasteiger partial charge in [-0.2, -0.15) is 0 Å². The van der Waals surface area contributed by atoms with Crippen molar-refractivity contribution in [3.63, 3.8) is 0 Å². The highest BCUT2D eigenvalue weighted by Gasteiger charge is 2.28.